The number of aryl methyl sites for hydroxylation is 2. The lowest BCUT2D eigenvalue weighted by molar-refractivity contribution is 0.340. The summed E-state index contributed by atoms with van der Waals surface area (Å²) >= 11 is 1.68. The Hall–Kier alpha value is -1.88. The molecule has 0 aliphatic carbocycles. The van der Waals surface area contributed by atoms with Crippen LogP contribution in [0.2, 0.25) is 0 Å². The Bertz CT molecular complexity index is 743. The van der Waals surface area contributed by atoms with Crippen molar-refractivity contribution >= 4 is 16.3 Å². The van der Waals surface area contributed by atoms with Gasteiger partial charge in [0.2, 0.25) is 4.96 Å². The van der Waals surface area contributed by atoms with Gasteiger partial charge in [0.25, 0.3) is 0 Å². The first-order chi connectivity index (χ1) is 10.2. The first-order valence-corrected chi connectivity index (χ1v) is 8.12. The molecular weight excluding hydrogens is 282 g/mol. The van der Waals surface area contributed by atoms with Crippen molar-refractivity contribution in [3.8, 4) is 17.0 Å². The second-order valence-electron chi connectivity index (χ2n) is 4.94. The molecule has 0 unspecified atom stereocenters. The topological polar surface area (TPSA) is 39.4 Å². The van der Waals surface area contributed by atoms with E-state index in [1.807, 2.05) is 23.6 Å². The number of aromatic nitrogens is 3. The number of rotatable bonds is 5. The first-order valence-electron chi connectivity index (χ1n) is 7.31. The second kappa shape index (κ2) is 5.85. The quantitative estimate of drug-likeness (QED) is 0.711. The predicted molar refractivity (Wildman–Crippen MR) is 86.2 cm³/mol. The number of imidazole rings is 1. The van der Waals surface area contributed by atoms with Gasteiger partial charge in [-0.25, -0.2) is 9.50 Å². The van der Waals surface area contributed by atoms with E-state index < -0.39 is 0 Å². The highest BCUT2D eigenvalue weighted by molar-refractivity contribution is 7.16. The molecule has 3 aromatic rings. The normalized spacial score (nSPS) is 11.2. The van der Waals surface area contributed by atoms with Crippen molar-refractivity contribution in [3.63, 3.8) is 0 Å². The van der Waals surface area contributed by atoms with Crippen molar-refractivity contribution in [2.45, 2.75) is 33.6 Å². The lowest BCUT2D eigenvalue weighted by Crippen LogP contribution is -1.92. The van der Waals surface area contributed by atoms with Gasteiger partial charge in [-0.05, 0) is 44.5 Å². The monoisotopic (exact) mass is 301 g/mol. The van der Waals surface area contributed by atoms with Crippen molar-refractivity contribution in [2.24, 2.45) is 0 Å². The van der Waals surface area contributed by atoms with Crippen molar-refractivity contribution in [1.82, 2.24) is 14.6 Å². The Labute approximate surface area is 128 Å². The average Bonchev–Trinajstić information content (AvgIpc) is 3.00. The molecule has 0 aliphatic heterocycles. The Morgan fingerprint density at radius 3 is 2.57 bits per heavy atom. The second-order valence-corrected chi connectivity index (χ2v) is 5.98. The number of hydrogen-bond donors (Lipinski definition) is 0. The summed E-state index contributed by atoms with van der Waals surface area (Å²) in [6, 6.07) is 8.08. The molecule has 0 fully saturated rings. The van der Waals surface area contributed by atoms with Crippen LogP contribution in [-0.2, 0) is 6.42 Å². The van der Waals surface area contributed by atoms with Gasteiger partial charge >= 0.3 is 0 Å². The van der Waals surface area contributed by atoms with Crippen LogP contribution in [0, 0.1) is 6.92 Å². The predicted octanol–water partition coefficient (Wildman–Crippen LogP) is 4.12. The number of nitrogens with zero attached hydrogens (tertiary/aromatic N) is 3. The molecule has 0 saturated heterocycles. The summed E-state index contributed by atoms with van der Waals surface area (Å²) in [5.74, 6) is 0.892. The van der Waals surface area contributed by atoms with Crippen LogP contribution in [0.1, 0.15) is 31.0 Å². The summed E-state index contributed by atoms with van der Waals surface area (Å²) in [6.45, 7) is 6.91. The third-order valence-corrected chi connectivity index (χ3v) is 4.34. The first kappa shape index (κ1) is 14.1. The molecule has 5 heteroatoms. The van der Waals surface area contributed by atoms with Gasteiger partial charge in [-0.3, -0.25) is 0 Å². The van der Waals surface area contributed by atoms with Crippen LogP contribution in [-0.4, -0.2) is 21.2 Å². The van der Waals surface area contributed by atoms with Gasteiger partial charge < -0.3 is 4.74 Å². The van der Waals surface area contributed by atoms with Gasteiger partial charge in [0, 0.05) is 12.0 Å². The summed E-state index contributed by atoms with van der Waals surface area (Å²) in [6.07, 6.45) is 2.13. The van der Waals surface area contributed by atoms with E-state index >= 15 is 0 Å². The standard InChI is InChI=1S/C16H19N3OS/c1-4-6-14-18-19-11(3)15(17-16(19)21-14)12-7-9-13(10-8-12)20-5-2/h7-10H,4-6H2,1-3H3. The molecule has 0 aliphatic rings. The molecule has 4 nitrogen and oxygen atoms in total. The van der Waals surface area contributed by atoms with Gasteiger partial charge in [0.05, 0.1) is 18.0 Å². The van der Waals surface area contributed by atoms with E-state index in [-0.39, 0.29) is 0 Å². The van der Waals surface area contributed by atoms with Crippen molar-refractivity contribution in [2.75, 3.05) is 6.61 Å². The minimum Gasteiger partial charge on any atom is -0.494 e. The van der Waals surface area contributed by atoms with Gasteiger partial charge in [-0.15, -0.1) is 0 Å². The molecule has 0 spiro atoms. The Balaban J connectivity index is 1.96. The molecule has 0 radical (unpaired) electrons. The summed E-state index contributed by atoms with van der Waals surface area (Å²) < 4.78 is 7.44. The maximum Gasteiger partial charge on any atom is 0.212 e. The lowest BCUT2D eigenvalue weighted by atomic mass is 10.1. The molecule has 110 valence electrons. The van der Waals surface area contributed by atoms with Crippen LogP contribution >= 0.6 is 11.3 Å². The molecule has 0 saturated carbocycles. The molecule has 1 aromatic carbocycles. The van der Waals surface area contributed by atoms with E-state index in [1.54, 1.807) is 11.3 Å². The van der Waals surface area contributed by atoms with Crippen LogP contribution in [0.3, 0.4) is 0 Å². The Morgan fingerprint density at radius 2 is 1.95 bits per heavy atom. The fourth-order valence-electron chi connectivity index (χ4n) is 2.35. The molecule has 21 heavy (non-hydrogen) atoms. The summed E-state index contributed by atoms with van der Waals surface area (Å²) in [5.41, 5.74) is 3.19. The number of hydrogen-bond acceptors (Lipinski definition) is 4. The van der Waals surface area contributed by atoms with E-state index in [0.717, 1.165) is 45.5 Å². The highest BCUT2D eigenvalue weighted by atomic mass is 32.1. The van der Waals surface area contributed by atoms with Crippen LogP contribution < -0.4 is 4.74 Å². The highest BCUT2D eigenvalue weighted by Crippen LogP contribution is 2.28. The van der Waals surface area contributed by atoms with E-state index in [2.05, 4.69) is 31.1 Å². The van der Waals surface area contributed by atoms with Gasteiger partial charge in [-0.1, -0.05) is 18.3 Å². The zero-order chi connectivity index (χ0) is 14.8. The lowest BCUT2D eigenvalue weighted by Gasteiger charge is -2.04. The smallest absolute Gasteiger partial charge is 0.212 e. The van der Waals surface area contributed by atoms with Crippen LogP contribution in [0.4, 0.5) is 0 Å². The van der Waals surface area contributed by atoms with Crippen molar-refractivity contribution < 1.29 is 4.74 Å². The minimum atomic E-state index is 0.683. The van der Waals surface area contributed by atoms with Crippen LogP contribution in [0.25, 0.3) is 16.2 Å². The van der Waals surface area contributed by atoms with E-state index in [1.165, 1.54) is 0 Å². The molecule has 2 aromatic heterocycles. The highest BCUT2D eigenvalue weighted by Gasteiger charge is 2.14. The van der Waals surface area contributed by atoms with Crippen molar-refractivity contribution in [3.05, 3.63) is 35.0 Å². The number of benzene rings is 1. The van der Waals surface area contributed by atoms with E-state index in [0.29, 0.717) is 6.61 Å². The zero-order valence-electron chi connectivity index (χ0n) is 12.6. The van der Waals surface area contributed by atoms with Crippen LogP contribution in [0.15, 0.2) is 24.3 Å². The Morgan fingerprint density at radius 1 is 1.19 bits per heavy atom. The van der Waals surface area contributed by atoms with Gasteiger partial charge in [-0.2, -0.15) is 5.10 Å². The third-order valence-electron chi connectivity index (χ3n) is 3.37. The fourth-order valence-corrected chi connectivity index (χ4v) is 3.39. The summed E-state index contributed by atoms with van der Waals surface area (Å²) in [4.78, 5) is 5.71. The molecule has 0 N–H and O–H groups in total. The molecule has 0 bridgehead atoms. The summed E-state index contributed by atoms with van der Waals surface area (Å²) in [7, 11) is 0. The zero-order valence-corrected chi connectivity index (χ0v) is 13.4. The largest absolute Gasteiger partial charge is 0.494 e. The number of fused-ring (bicyclic) bond motifs is 1. The van der Waals surface area contributed by atoms with Crippen LogP contribution in [0.5, 0.6) is 5.75 Å². The third kappa shape index (κ3) is 2.65. The van der Waals surface area contributed by atoms with Crippen molar-refractivity contribution in [1.29, 1.82) is 0 Å². The molecule has 2 heterocycles. The molecule has 0 amide bonds. The Kier molecular flexibility index (Phi) is 3.92. The SMILES string of the molecule is CCCc1nn2c(C)c(-c3ccc(OCC)cc3)nc2s1. The number of ether oxygens (including phenoxy) is 1. The van der Waals surface area contributed by atoms with E-state index in [9.17, 15) is 0 Å². The summed E-state index contributed by atoms with van der Waals surface area (Å²) in [5, 5.41) is 5.80. The van der Waals surface area contributed by atoms with Gasteiger partial charge in [0.15, 0.2) is 0 Å². The van der Waals surface area contributed by atoms with E-state index in [4.69, 9.17) is 9.72 Å². The molecular formula is C16H19N3OS. The maximum absolute atomic E-state index is 5.48. The molecule has 3 rings (SSSR count). The minimum absolute atomic E-state index is 0.683. The van der Waals surface area contributed by atoms with Gasteiger partial charge in [0.1, 0.15) is 10.8 Å². The average molecular weight is 301 g/mol. The molecule has 0 atom stereocenters. The maximum atomic E-state index is 5.48. The fraction of sp³-hybridized carbons (Fsp3) is 0.375.